The number of aliphatic imine (C=N–C) groups is 1. The fraction of sp³-hybridized carbons (Fsp3) is 0.667. The van der Waals surface area contributed by atoms with Crippen molar-refractivity contribution in [3.8, 4) is 0 Å². The summed E-state index contributed by atoms with van der Waals surface area (Å²) < 4.78 is 52.3. The molecule has 1 unspecified atom stereocenters. The summed E-state index contributed by atoms with van der Waals surface area (Å²) in [6, 6.07) is 6.90. The Morgan fingerprint density at radius 3 is 2.62 bits per heavy atom. The molecule has 0 bridgehead atoms. The highest BCUT2D eigenvalue weighted by molar-refractivity contribution is 5.80. The van der Waals surface area contributed by atoms with Gasteiger partial charge < -0.3 is 10.2 Å². The highest BCUT2D eigenvalue weighted by atomic mass is 19.4. The van der Waals surface area contributed by atoms with E-state index in [1.54, 1.807) is 20.0 Å². The maximum atomic E-state index is 14.2. The number of alkyl halides is 3. The number of nitrogens with one attached hydrogen (secondary N) is 1. The summed E-state index contributed by atoms with van der Waals surface area (Å²) in [7, 11) is 1.71. The van der Waals surface area contributed by atoms with Gasteiger partial charge in [0.1, 0.15) is 5.82 Å². The van der Waals surface area contributed by atoms with Crippen molar-refractivity contribution in [2.24, 2.45) is 10.9 Å². The molecule has 2 fully saturated rings. The van der Waals surface area contributed by atoms with Crippen molar-refractivity contribution in [3.63, 3.8) is 0 Å². The lowest BCUT2D eigenvalue weighted by Gasteiger charge is -2.27. The second kappa shape index (κ2) is 8.90. The minimum atomic E-state index is -4.17. The van der Waals surface area contributed by atoms with Gasteiger partial charge in [-0.05, 0) is 43.4 Å². The Kier molecular flexibility index (Phi) is 6.71. The minimum absolute atomic E-state index is 0.174. The zero-order valence-corrected chi connectivity index (χ0v) is 17.1. The van der Waals surface area contributed by atoms with E-state index >= 15 is 0 Å². The molecule has 0 aromatic heterocycles. The van der Waals surface area contributed by atoms with Crippen molar-refractivity contribution in [3.05, 3.63) is 35.6 Å². The van der Waals surface area contributed by atoms with Gasteiger partial charge in [-0.1, -0.05) is 25.1 Å². The van der Waals surface area contributed by atoms with Crippen molar-refractivity contribution >= 4 is 5.96 Å². The average Bonchev–Trinajstić information content (AvgIpc) is 3.31. The monoisotopic (exact) mass is 414 g/mol. The van der Waals surface area contributed by atoms with Gasteiger partial charge in [0, 0.05) is 38.6 Å². The van der Waals surface area contributed by atoms with Crippen LogP contribution in [0, 0.1) is 11.7 Å². The molecule has 1 N–H and O–H groups in total. The van der Waals surface area contributed by atoms with Crippen LogP contribution < -0.4 is 5.32 Å². The number of halogens is 4. The lowest BCUT2D eigenvalue weighted by atomic mass is 9.95. The number of rotatable bonds is 7. The van der Waals surface area contributed by atoms with Crippen molar-refractivity contribution < 1.29 is 17.6 Å². The summed E-state index contributed by atoms with van der Waals surface area (Å²) in [4.78, 5) is 7.92. The van der Waals surface area contributed by atoms with E-state index in [9.17, 15) is 17.6 Å². The highest BCUT2D eigenvalue weighted by Gasteiger charge is 2.46. The van der Waals surface area contributed by atoms with Gasteiger partial charge >= 0.3 is 6.18 Å². The lowest BCUT2D eigenvalue weighted by molar-refractivity contribution is -0.146. The van der Waals surface area contributed by atoms with Crippen LogP contribution in [0.25, 0.3) is 0 Å². The molecular formula is C21H30F4N4. The van der Waals surface area contributed by atoms with E-state index in [1.165, 1.54) is 11.0 Å². The van der Waals surface area contributed by atoms with Crippen LogP contribution in [-0.2, 0) is 5.41 Å². The minimum Gasteiger partial charge on any atom is -0.355 e. The van der Waals surface area contributed by atoms with E-state index in [4.69, 9.17) is 0 Å². The molecule has 0 radical (unpaired) electrons. The second-order valence-corrected chi connectivity index (χ2v) is 8.20. The van der Waals surface area contributed by atoms with Gasteiger partial charge in [-0.25, -0.2) is 4.39 Å². The van der Waals surface area contributed by atoms with Crippen molar-refractivity contribution in [1.29, 1.82) is 0 Å². The third-order valence-corrected chi connectivity index (χ3v) is 6.05. The van der Waals surface area contributed by atoms with Gasteiger partial charge in [0.05, 0.1) is 6.54 Å². The van der Waals surface area contributed by atoms with Crippen LogP contribution in [0.5, 0.6) is 0 Å². The molecule has 1 saturated carbocycles. The largest absolute Gasteiger partial charge is 0.401 e. The zero-order valence-electron chi connectivity index (χ0n) is 17.1. The van der Waals surface area contributed by atoms with Crippen LogP contribution in [0.1, 0.15) is 31.7 Å². The first kappa shape index (κ1) is 21.9. The number of hydrogen-bond acceptors (Lipinski definition) is 2. The molecule has 0 spiro atoms. The van der Waals surface area contributed by atoms with Gasteiger partial charge in [-0.15, -0.1) is 0 Å². The number of guanidine groups is 1. The standard InChI is InChI=1S/C21H30F4N4/c1-3-28(15-21(23,24)25)12-16-8-11-29(13-16)19(26-2)27-14-20(9-10-20)17-6-4-5-7-18(17)22/h4-7,16H,3,8-15H2,1-2H3,(H,26,27). The smallest absolute Gasteiger partial charge is 0.355 e. The summed E-state index contributed by atoms with van der Waals surface area (Å²) in [6.07, 6.45) is -1.46. The first-order valence-electron chi connectivity index (χ1n) is 10.3. The summed E-state index contributed by atoms with van der Waals surface area (Å²) in [5, 5.41) is 3.38. The maximum absolute atomic E-state index is 14.2. The Morgan fingerprint density at radius 1 is 1.31 bits per heavy atom. The van der Waals surface area contributed by atoms with Gasteiger partial charge in [0.2, 0.25) is 0 Å². The van der Waals surface area contributed by atoms with E-state index in [0.717, 1.165) is 37.3 Å². The number of benzene rings is 1. The predicted octanol–water partition coefficient (Wildman–Crippen LogP) is 3.64. The predicted molar refractivity (Wildman–Crippen MR) is 107 cm³/mol. The summed E-state index contributed by atoms with van der Waals surface area (Å²) in [5.41, 5.74) is 0.555. The van der Waals surface area contributed by atoms with Gasteiger partial charge in [0.15, 0.2) is 5.96 Å². The normalized spacial score (nSPS) is 21.7. The molecule has 2 aliphatic rings. The quantitative estimate of drug-likeness (QED) is 0.420. The Hall–Kier alpha value is -1.83. The molecule has 29 heavy (non-hydrogen) atoms. The SMILES string of the molecule is CCN(CC1CCN(C(=NC)NCC2(c3ccccc3F)CC2)C1)CC(F)(F)F. The molecule has 1 atom stereocenters. The van der Waals surface area contributed by atoms with Crippen LogP contribution in [0.15, 0.2) is 29.3 Å². The number of hydrogen-bond donors (Lipinski definition) is 1. The molecule has 0 amide bonds. The summed E-state index contributed by atoms with van der Waals surface area (Å²) in [5.74, 6) is 0.749. The first-order valence-corrected chi connectivity index (χ1v) is 10.3. The molecule has 162 valence electrons. The Balaban J connectivity index is 1.53. The lowest BCUT2D eigenvalue weighted by Crippen LogP contribution is -2.44. The summed E-state index contributed by atoms with van der Waals surface area (Å²) in [6.45, 7) is 3.77. The highest BCUT2D eigenvalue weighted by Crippen LogP contribution is 2.48. The van der Waals surface area contributed by atoms with Crippen LogP contribution in [0.4, 0.5) is 17.6 Å². The molecule has 1 saturated heterocycles. The molecule has 8 heteroatoms. The van der Waals surface area contributed by atoms with E-state index in [0.29, 0.717) is 26.2 Å². The van der Waals surface area contributed by atoms with Crippen LogP contribution >= 0.6 is 0 Å². The fourth-order valence-corrected chi connectivity index (χ4v) is 4.26. The molecule has 1 aliphatic carbocycles. The topological polar surface area (TPSA) is 30.9 Å². The molecule has 4 nitrogen and oxygen atoms in total. The van der Waals surface area contributed by atoms with Gasteiger partial charge in [0.25, 0.3) is 0 Å². The molecule has 1 aromatic rings. The van der Waals surface area contributed by atoms with E-state index in [1.807, 2.05) is 12.1 Å². The first-order chi connectivity index (χ1) is 13.8. The van der Waals surface area contributed by atoms with Crippen LogP contribution in [0.3, 0.4) is 0 Å². The Labute approximate surface area is 170 Å². The van der Waals surface area contributed by atoms with Gasteiger partial charge in [-0.2, -0.15) is 13.2 Å². The third kappa shape index (κ3) is 5.62. The molecule has 1 aliphatic heterocycles. The fourth-order valence-electron chi connectivity index (χ4n) is 4.26. The molecular weight excluding hydrogens is 384 g/mol. The molecule has 1 aromatic carbocycles. The second-order valence-electron chi connectivity index (χ2n) is 8.20. The van der Waals surface area contributed by atoms with Crippen molar-refractivity contribution in [1.82, 2.24) is 15.1 Å². The Morgan fingerprint density at radius 2 is 2.03 bits per heavy atom. The van der Waals surface area contributed by atoms with Crippen LogP contribution in [-0.4, -0.2) is 68.3 Å². The average molecular weight is 414 g/mol. The van der Waals surface area contributed by atoms with E-state index in [2.05, 4.69) is 15.2 Å². The van der Waals surface area contributed by atoms with E-state index in [-0.39, 0.29) is 17.2 Å². The van der Waals surface area contributed by atoms with Crippen molar-refractivity contribution in [2.45, 2.75) is 37.8 Å². The van der Waals surface area contributed by atoms with Crippen molar-refractivity contribution in [2.75, 3.05) is 46.3 Å². The molecule has 3 rings (SSSR count). The van der Waals surface area contributed by atoms with Crippen LogP contribution in [0.2, 0.25) is 0 Å². The maximum Gasteiger partial charge on any atom is 0.401 e. The Bertz CT molecular complexity index is 715. The summed E-state index contributed by atoms with van der Waals surface area (Å²) >= 11 is 0. The van der Waals surface area contributed by atoms with Gasteiger partial charge in [-0.3, -0.25) is 9.89 Å². The number of nitrogens with zero attached hydrogens (tertiary/aromatic N) is 3. The number of likely N-dealkylation sites (tertiary alicyclic amines) is 1. The van der Waals surface area contributed by atoms with E-state index < -0.39 is 12.7 Å². The zero-order chi connectivity index (χ0) is 21.1. The molecule has 1 heterocycles. The third-order valence-electron chi connectivity index (χ3n) is 6.05.